The highest BCUT2D eigenvalue weighted by atomic mass is 35.5. The van der Waals surface area contributed by atoms with Gasteiger partial charge in [0.1, 0.15) is 17.4 Å². The van der Waals surface area contributed by atoms with Gasteiger partial charge in [0.2, 0.25) is 0 Å². The molecule has 0 spiro atoms. The van der Waals surface area contributed by atoms with Crippen LogP contribution in [0, 0.1) is 12.7 Å². The van der Waals surface area contributed by atoms with Crippen LogP contribution in [0.1, 0.15) is 5.69 Å². The van der Waals surface area contributed by atoms with Gasteiger partial charge in [0.15, 0.2) is 16.9 Å². The van der Waals surface area contributed by atoms with Crippen molar-refractivity contribution in [3.8, 4) is 22.9 Å². The molecule has 0 saturated carbocycles. The van der Waals surface area contributed by atoms with Crippen molar-refractivity contribution >= 4 is 28.3 Å². The lowest BCUT2D eigenvalue weighted by molar-refractivity contribution is 0.415. The fourth-order valence-corrected chi connectivity index (χ4v) is 3.16. The van der Waals surface area contributed by atoms with Gasteiger partial charge < -0.3 is 9.47 Å². The molecule has 0 atom stereocenters. The number of methoxy groups -OCH3 is 2. The van der Waals surface area contributed by atoms with Crippen LogP contribution in [0.2, 0.25) is 5.02 Å². The molecule has 0 N–H and O–H groups in total. The molecular formula is C18H14ClFN4O2. The maximum atomic E-state index is 14.2. The van der Waals surface area contributed by atoms with Crippen molar-refractivity contribution in [2.45, 2.75) is 6.92 Å². The van der Waals surface area contributed by atoms with E-state index in [9.17, 15) is 4.39 Å². The summed E-state index contributed by atoms with van der Waals surface area (Å²) in [5.74, 6) is 0.975. The van der Waals surface area contributed by atoms with Crippen molar-refractivity contribution in [2.24, 2.45) is 0 Å². The molecule has 0 radical (unpaired) electrons. The minimum Gasteiger partial charge on any atom is -0.496 e. The number of halogens is 2. The number of ether oxygens (including phenoxy) is 2. The number of aryl methyl sites for hydroxylation is 1. The molecule has 8 heteroatoms. The maximum absolute atomic E-state index is 14.2. The summed E-state index contributed by atoms with van der Waals surface area (Å²) in [4.78, 5) is 4.60. The van der Waals surface area contributed by atoms with Crippen LogP contribution < -0.4 is 9.47 Å². The van der Waals surface area contributed by atoms with Crippen molar-refractivity contribution in [2.75, 3.05) is 14.2 Å². The smallest absolute Gasteiger partial charge is 0.183 e. The van der Waals surface area contributed by atoms with E-state index in [1.165, 1.54) is 19.2 Å². The van der Waals surface area contributed by atoms with E-state index in [1.54, 1.807) is 29.7 Å². The second-order valence-electron chi connectivity index (χ2n) is 5.70. The predicted molar refractivity (Wildman–Crippen MR) is 96.5 cm³/mol. The Labute approximate surface area is 153 Å². The molecule has 26 heavy (non-hydrogen) atoms. The number of nitrogens with zero attached hydrogens (tertiary/aromatic N) is 4. The second-order valence-corrected chi connectivity index (χ2v) is 6.14. The van der Waals surface area contributed by atoms with E-state index in [0.29, 0.717) is 50.3 Å². The van der Waals surface area contributed by atoms with Crippen LogP contribution in [-0.4, -0.2) is 33.8 Å². The summed E-state index contributed by atoms with van der Waals surface area (Å²) in [6, 6.07) is 7.88. The zero-order chi connectivity index (χ0) is 18.4. The highest BCUT2D eigenvalue weighted by molar-refractivity contribution is 6.31. The normalized spacial score (nSPS) is 11.3. The molecule has 0 aliphatic carbocycles. The lowest BCUT2D eigenvalue weighted by atomic mass is 10.2. The molecule has 6 nitrogen and oxygen atoms in total. The summed E-state index contributed by atoms with van der Waals surface area (Å²) < 4.78 is 26.6. The molecule has 0 aliphatic rings. The molecule has 4 rings (SSSR count). The highest BCUT2D eigenvalue weighted by Crippen LogP contribution is 2.35. The zero-order valence-electron chi connectivity index (χ0n) is 14.2. The summed E-state index contributed by atoms with van der Waals surface area (Å²) in [7, 11) is 3.02. The SMILES string of the molecule is COc1ccc(Cl)cc1-c1nc(C)c2nnc3c(OC)cc(F)cc3n12. The van der Waals surface area contributed by atoms with Crippen molar-refractivity contribution < 1.29 is 13.9 Å². The molecule has 0 aliphatic heterocycles. The molecule has 4 aromatic rings. The van der Waals surface area contributed by atoms with Gasteiger partial charge in [-0.15, -0.1) is 10.2 Å². The van der Waals surface area contributed by atoms with E-state index < -0.39 is 5.82 Å². The van der Waals surface area contributed by atoms with Crippen molar-refractivity contribution in [3.63, 3.8) is 0 Å². The highest BCUT2D eigenvalue weighted by Gasteiger charge is 2.20. The molecule has 2 heterocycles. The Kier molecular flexibility index (Phi) is 3.88. The third kappa shape index (κ3) is 2.43. The van der Waals surface area contributed by atoms with Crippen LogP contribution in [0.15, 0.2) is 30.3 Å². The monoisotopic (exact) mass is 372 g/mol. The van der Waals surface area contributed by atoms with Crippen LogP contribution in [0.3, 0.4) is 0 Å². The number of imidazole rings is 1. The average Bonchev–Trinajstić information content (AvgIpc) is 2.98. The van der Waals surface area contributed by atoms with E-state index in [-0.39, 0.29) is 0 Å². The average molecular weight is 373 g/mol. The summed E-state index contributed by atoms with van der Waals surface area (Å²) in [6.07, 6.45) is 0. The summed E-state index contributed by atoms with van der Waals surface area (Å²) in [6.45, 7) is 1.81. The Morgan fingerprint density at radius 1 is 1.04 bits per heavy atom. The lowest BCUT2D eigenvalue weighted by Gasteiger charge is -2.11. The topological polar surface area (TPSA) is 61.5 Å². The van der Waals surface area contributed by atoms with Gasteiger partial charge in [-0.05, 0) is 25.1 Å². The molecule has 0 fully saturated rings. The Bertz CT molecular complexity index is 1160. The quantitative estimate of drug-likeness (QED) is 0.542. The summed E-state index contributed by atoms with van der Waals surface area (Å²) >= 11 is 6.17. The van der Waals surface area contributed by atoms with Gasteiger partial charge in [-0.3, -0.25) is 4.40 Å². The lowest BCUT2D eigenvalue weighted by Crippen LogP contribution is -2.01. The molecule has 0 unspecified atom stereocenters. The first-order valence-corrected chi connectivity index (χ1v) is 8.14. The van der Waals surface area contributed by atoms with Gasteiger partial charge in [0.05, 0.1) is 31.0 Å². The standard InChI is InChI=1S/C18H14ClFN4O2/c1-9-17-23-22-16-13(7-11(20)8-15(16)26-3)24(17)18(21-9)12-6-10(19)4-5-14(12)25-2/h4-8H,1-3H3. The van der Waals surface area contributed by atoms with Crippen LogP contribution in [0.4, 0.5) is 4.39 Å². The number of benzene rings is 2. The third-order valence-corrected chi connectivity index (χ3v) is 4.38. The largest absolute Gasteiger partial charge is 0.496 e. The molecule has 2 aromatic carbocycles. The minimum absolute atomic E-state index is 0.296. The van der Waals surface area contributed by atoms with Crippen molar-refractivity contribution in [1.29, 1.82) is 0 Å². The Balaban J connectivity index is 2.18. The van der Waals surface area contributed by atoms with E-state index in [1.807, 2.05) is 6.92 Å². The van der Waals surface area contributed by atoms with Crippen LogP contribution in [0.5, 0.6) is 11.5 Å². The number of hydrogen-bond acceptors (Lipinski definition) is 5. The van der Waals surface area contributed by atoms with Crippen LogP contribution in [-0.2, 0) is 0 Å². The Morgan fingerprint density at radius 3 is 2.54 bits per heavy atom. The van der Waals surface area contributed by atoms with E-state index in [4.69, 9.17) is 21.1 Å². The Hall–Kier alpha value is -2.93. The Morgan fingerprint density at radius 2 is 1.81 bits per heavy atom. The minimum atomic E-state index is -0.445. The van der Waals surface area contributed by atoms with Gasteiger partial charge >= 0.3 is 0 Å². The maximum Gasteiger partial charge on any atom is 0.183 e. The number of aromatic nitrogens is 4. The van der Waals surface area contributed by atoms with Crippen molar-refractivity contribution in [1.82, 2.24) is 19.6 Å². The predicted octanol–water partition coefficient (Wildman–Crippen LogP) is 4.06. The van der Waals surface area contributed by atoms with E-state index in [2.05, 4.69) is 15.2 Å². The number of hydrogen-bond donors (Lipinski definition) is 0. The zero-order valence-corrected chi connectivity index (χ0v) is 15.0. The van der Waals surface area contributed by atoms with E-state index in [0.717, 1.165) is 0 Å². The molecular weight excluding hydrogens is 359 g/mol. The first kappa shape index (κ1) is 16.5. The van der Waals surface area contributed by atoms with Gasteiger partial charge in [0, 0.05) is 17.2 Å². The number of rotatable bonds is 3. The van der Waals surface area contributed by atoms with Gasteiger partial charge in [-0.1, -0.05) is 11.6 Å². The van der Waals surface area contributed by atoms with Crippen molar-refractivity contribution in [3.05, 3.63) is 46.9 Å². The molecule has 0 amide bonds. The van der Waals surface area contributed by atoms with Gasteiger partial charge in [-0.2, -0.15) is 0 Å². The summed E-state index contributed by atoms with van der Waals surface area (Å²) in [5, 5.41) is 8.97. The fraction of sp³-hybridized carbons (Fsp3) is 0.167. The first-order valence-electron chi connectivity index (χ1n) is 7.76. The third-order valence-electron chi connectivity index (χ3n) is 4.15. The molecule has 2 aromatic heterocycles. The fourth-order valence-electron chi connectivity index (χ4n) is 2.99. The van der Waals surface area contributed by atoms with Crippen LogP contribution in [0.25, 0.3) is 28.1 Å². The van der Waals surface area contributed by atoms with E-state index >= 15 is 0 Å². The molecule has 0 saturated heterocycles. The second kappa shape index (κ2) is 6.10. The molecule has 0 bridgehead atoms. The van der Waals surface area contributed by atoms with Crippen LogP contribution >= 0.6 is 11.6 Å². The first-order chi connectivity index (χ1) is 12.5. The molecule has 132 valence electrons. The van der Waals surface area contributed by atoms with Gasteiger partial charge in [0.25, 0.3) is 0 Å². The van der Waals surface area contributed by atoms with Gasteiger partial charge in [-0.25, -0.2) is 9.37 Å². The number of fused-ring (bicyclic) bond motifs is 3. The summed E-state index contributed by atoms with van der Waals surface area (Å²) in [5.41, 5.74) is 2.76.